The fraction of sp³-hybridized carbons (Fsp3) is 0.357. The van der Waals surface area contributed by atoms with Crippen LogP contribution in [0, 0.1) is 0 Å². The Balaban J connectivity index is 2.51. The Labute approximate surface area is 113 Å². The molecule has 0 radical (unpaired) electrons. The molecule has 5 nitrogen and oxygen atoms in total. The largest absolute Gasteiger partial charge is 0.399 e. The van der Waals surface area contributed by atoms with Crippen molar-refractivity contribution < 1.29 is 14.6 Å². The SMILES string of the molecule is COCC(CCO)NC(=O)/C=C/c1ccc(N)cc1. The number of benzene rings is 1. The van der Waals surface area contributed by atoms with E-state index in [0.717, 1.165) is 5.56 Å². The van der Waals surface area contributed by atoms with Crippen LogP contribution in [0.3, 0.4) is 0 Å². The minimum atomic E-state index is -0.215. The molecule has 1 rings (SSSR count). The van der Waals surface area contributed by atoms with Gasteiger partial charge in [0.25, 0.3) is 0 Å². The third kappa shape index (κ3) is 6.03. The molecular weight excluding hydrogens is 244 g/mol. The first-order chi connectivity index (χ1) is 9.15. The highest BCUT2D eigenvalue weighted by Gasteiger charge is 2.09. The van der Waals surface area contributed by atoms with Crippen molar-refractivity contribution in [2.24, 2.45) is 0 Å². The Morgan fingerprint density at radius 1 is 1.47 bits per heavy atom. The van der Waals surface area contributed by atoms with E-state index >= 15 is 0 Å². The standard InChI is InChI=1S/C14H20N2O3/c1-19-10-13(8-9-17)16-14(18)7-4-11-2-5-12(15)6-3-11/h2-7,13,17H,8-10,15H2,1H3,(H,16,18)/b7-4+. The van der Waals surface area contributed by atoms with Crippen molar-refractivity contribution in [2.45, 2.75) is 12.5 Å². The molecule has 0 aliphatic rings. The van der Waals surface area contributed by atoms with Crippen LogP contribution < -0.4 is 11.1 Å². The summed E-state index contributed by atoms with van der Waals surface area (Å²) in [4.78, 5) is 11.7. The molecule has 0 heterocycles. The number of carbonyl (C=O) groups is 1. The lowest BCUT2D eigenvalue weighted by Gasteiger charge is -2.15. The van der Waals surface area contributed by atoms with Gasteiger partial charge in [0.1, 0.15) is 0 Å². The summed E-state index contributed by atoms with van der Waals surface area (Å²) >= 11 is 0. The van der Waals surface area contributed by atoms with Gasteiger partial charge in [-0.2, -0.15) is 0 Å². The van der Waals surface area contributed by atoms with E-state index in [1.807, 2.05) is 12.1 Å². The topological polar surface area (TPSA) is 84.6 Å². The van der Waals surface area contributed by atoms with Gasteiger partial charge in [-0.15, -0.1) is 0 Å². The van der Waals surface area contributed by atoms with Gasteiger partial charge in [0.05, 0.1) is 12.6 Å². The summed E-state index contributed by atoms with van der Waals surface area (Å²) in [7, 11) is 1.56. The number of anilines is 1. The summed E-state index contributed by atoms with van der Waals surface area (Å²) in [5, 5.41) is 11.6. The maximum Gasteiger partial charge on any atom is 0.244 e. The van der Waals surface area contributed by atoms with Crippen molar-refractivity contribution in [3.63, 3.8) is 0 Å². The average Bonchev–Trinajstić information content (AvgIpc) is 2.39. The van der Waals surface area contributed by atoms with Gasteiger partial charge in [-0.1, -0.05) is 12.1 Å². The van der Waals surface area contributed by atoms with Gasteiger partial charge in [0.2, 0.25) is 5.91 Å². The maximum absolute atomic E-state index is 11.7. The molecule has 104 valence electrons. The maximum atomic E-state index is 11.7. The van der Waals surface area contributed by atoms with Crippen molar-refractivity contribution in [3.05, 3.63) is 35.9 Å². The van der Waals surface area contributed by atoms with Crippen molar-refractivity contribution in [1.82, 2.24) is 5.32 Å². The molecule has 0 fully saturated rings. The summed E-state index contributed by atoms with van der Waals surface area (Å²) in [6.45, 7) is 0.387. The number of carbonyl (C=O) groups excluding carboxylic acids is 1. The van der Waals surface area contributed by atoms with Crippen LogP contribution in [0.2, 0.25) is 0 Å². The molecule has 0 bridgehead atoms. The summed E-state index contributed by atoms with van der Waals surface area (Å²) in [6.07, 6.45) is 3.62. The molecule has 5 heteroatoms. The summed E-state index contributed by atoms with van der Waals surface area (Å²) in [5.74, 6) is -0.215. The third-order valence-corrected chi connectivity index (χ3v) is 2.56. The van der Waals surface area contributed by atoms with Crippen LogP contribution in [0.25, 0.3) is 6.08 Å². The lowest BCUT2D eigenvalue weighted by atomic mass is 10.2. The van der Waals surface area contributed by atoms with E-state index in [4.69, 9.17) is 15.6 Å². The predicted octanol–water partition coefficient (Wildman–Crippen LogP) is 0.796. The molecule has 0 saturated heterocycles. The molecule has 1 aromatic rings. The van der Waals surface area contributed by atoms with E-state index < -0.39 is 0 Å². The molecule has 1 unspecified atom stereocenters. The summed E-state index contributed by atoms with van der Waals surface area (Å²) in [5.41, 5.74) is 7.16. The lowest BCUT2D eigenvalue weighted by molar-refractivity contribution is -0.117. The van der Waals surface area contributed by atoms with Crippen molar-refractivity contribution >= 4 is 17.7 Å². The molecule has 0 spiro atoms. The van der Waals surface area contributed by atoms with E-state index in [-0.39, 0.29) is 18.6 Å². The van der Waals surface area contributed by atoms with E-state index in [0.29, 0.717) is 18.7 Å². The number of ether oxygens (including phenoxy) is 1. The Morgan fingerprint density at radius 3 is 2.74 bits per heavy atom. The number of methoxy groups -OCH3 is 1. The van der Waals surface area contributed by atoms with Gasteiger partial charge in [0, 0.05) is 25.5 Å². The van der Waals surface area contributed by atoms with Crippen LogP contribution >= 0.6 is 0 Å². The molecule has 1 amide bonds. The number of aliphatic hydroxyl groups is 1. The van der Waals surface area contributed by atoms with Gasteiger partial charge >= 0.3 is 0 Å². The molecule has 0 aromatic heterocycles. The number of nitrogens with two attached hydrogens (primary N) is 1. The van der Waals surface area contributed by atoms with E-state index in [1.165, 1.54) is 6.08 Å². The second-order valence-corrected chi connectivity index (χ2v) is 4.17. The highest BCUT2D eigenvalue weighted by atomic mass is 16.5. The number of rotatable bonds is 7. The molecule has 0 saturated carbocycles. The second-order valence-electron chi connectivity index (χ2n) is 4.17. The Morgan fingerprint density at radius 2 is 2.16 bits per heavy atom. The van der Waals surface area contributed by atoms with Crippen LogP contribution in [0.5, 0.6) is 0 Å². The number of hydrogen-bond donors (Lipinski definition) is 3. The van der Waals surface area contributed by atoms with Crippen LogP contribution in [-0.2, 0) is 9.53 Å². The average molecular weight is 264 g/mol. The number of aliphatic hydroxyl groups excluding tert-OH is 1. The highest BCUT2D eigenvalue weighted by Crippen LogP contribution is 2.06. The quantitative estimate of drug-likeness (QED) is 0.502. The smallest absolute Gasteiger partial charge is 0.244 e. The van der Waals surface area contributed by atoms with Crippen LogP contribution in [0.15, 0.2) is 30.3 Å². The minimum Gasteiger partial charge on any atom is -0.399 e. The second kappa shape index (κ2) is 8.29. The number of hydrogen-bond acceptors (Lipinski definition) is 4. The van der Waals surface area contributed by atoms with Crippen molar-refractivity contribution in [2.75, 3.05) is 26.1 Å². The molecule has 4 N–H and O–H groups in total. The molecule has 1 aromatic carbocycles. The molecule has 0 aliphatic carbocycles. The first kappa shape index (κ1) is 15.2. The zero-order chi connectivity index (χ0) is 14.1. The number of nitrogen functional groups attached to an aromatic ring is 1. The van der Waals surface area contributed by atoms with Crippen LogP contribution in [0.1, 0.15) is 12.0 Å². The molecule has 1 atom stereocenters. The predicted molar refractivity (Wildman–Crippen MR) is 75.4 cm³/mol. The van der Waals surface area contributed by atoms with Gasteiger partial charge < -0.3 is 20.9 Å². The Kier molecular flexibility index (Phi) is 6.63. The van der Waals surface area contributed by atoms with Gasteiger partial charge in [0.15, 0.2) is 0 Å². The van der Waals surface area contributed by atoms with E-state index in [9.17, 15) is 4.79 Å². The van der Waals surface area contributed by atoms with E-state index in [1.54, 1.807) is 25.3 Å². The zero-order valence-corrected chi connectivity index (χ0v) is 11.0. The zero-order valence-electron chi connectivity index (χ0n) is 11.0. The number of nitrogens with one attached hydrogen (secondary N) is 1. The molecule has 19 heavy (non-hydrogen) atoms. The highest BCUT2D eigenvalue weighted by molar-refractivity contribution is 5.91. The fourth-order valence-electron chi connectivity index (χ4n) is 1.58. The third-order valence-electron chi connectivity index (χ3n) is 2.56. The Hall–Kier alpha value is -1.85. The van der Waals surface area contributed by atoms with Gasteiger partial charge in [-0.05, 0) is 30.2 Å². The van der Waals surface area contributed by atoms with Crippen LogP contribution in [-0.4, -0.2) is 37.4 Å². The first-order valence-corrected chi connectivity index (χ1v) is 6.09. The summed E-state index contributed by atoms with van der Waals surface area (Å²) in [6, 6.07) is 7.03. The molecular formula is C14H20N2O3. The van der Waals surface area contributed by atoms with Crippen molar-refractivity contribution in [3.8, 4) is 0 Å². The van der Waals surface area contributed by atoms with Crippen molar-refractivity contribution in [1.29, 1.82) is 0 Å². The normalized spacial score (nSPS) is 12.5. The van der Waals surface area contributed by atoms with Gasteiger partial charge in [-0.25, -0.2) is 0 Å². The van der Waals surface area contributed by atoms with Crippen LogP contribution in [0.4, 0.5) is 5.69 Å². The monoisotopic (exact) mass is 264 g/mol. The summed E-state index contributed by atoms with van der Waals surface area (Å²) < 4.78 is 4.97. The minimum absolute atomic E-state index is 0.00990. The molecule has 0 aliphatic heterocycles. The fourth-order valence-corrected chi connectivity index (χ4v) is 1.58. The van der Waals surface area contributed by atoms with E-state index in [2.05, 4.69) is 5.32 Å². The lowest BCUT2D eigenvalue weighted by Crippen LogP contribution is -2.37. The van der Waals surface area contributed by atoms with Gasteiger partial charge in [-0.3, -0.25) is 4.79 Å². The Bertz CT molecular complexity index is 409. The first-order valence-electron chi connectivity index (χ1n) is 6.09. The number of amides is 1.